The number of benzene rings is 2. The van der Waals surface area contributed by atoms with E-state index in [0.29, 0.717) is 6.04 Å². The monoisotopic (exact) mass is 262 g/mol. The van der Waals surface area contributed by atoms with E-state index in [9.17, 15) is 0 Å². The van der Waals surface area contributed by atoms with E-state index < -0.39 is 0 Å². The fraction of sp³-hybridized carbons (Fsp3) is 0.278. The minimum Gasteiger partial charge on any atom is -0.512 e. The molecular formula is C18H18N2. The Morgan fingerprint density at radius 1 is 0.950 bits per heavy atom. The van der Waals surface area contributed by atoms with Crippen LogP contribution in [-0.2, 0) is 0 Å². The molecule has 0 aromatic heterocycles. The van der Waals surface area contributed by atoms with Crippen molar-refractivity contribution in [3.63, 3.8) is 0 Å². The molecule has 2 aliphatic heterocycles. The summed E-state index contributed by atoms with van der Waals surface area (Å²) in [6.45, 7) is 8.52. The van der Waals surface area contributed by atoms with E-state index >= 15 is 0 Å². The van der Waals surface area contributed by atoms with Crippen LogP contribution >= 0.6 is 0 Å². The van der Waals surface area contributed by atoms with Crippen LogP contribution in [0.2, 0.25) is 0 Å². The van der Waals surface area contributed by atoms with Crippen LogP contribution in [0.3, 0.4) is 0 Å². The molecule has 2 fully saturated rings. The van der Waals surface area contributed by atoms with Gasteiger partial charge in [0.2, 0.25) is 0 Å². The van der Waals surface area contributed by atoms with Gasteiger partial charge in [0, 0.05) is 11.1 Å². The number of nitrogens with zero attached hydrogens (tertiary/aromatic N) is 2. The molecule has 20 heavy (non-hydrogen) atoms. The summed E-state index contributed by atoms with van der Waals surface area (Å²) >= 11 is 0. The zero-order valence-corrected chi connectivity index (χ0v) is 11.6. The first-order valence-corrected chi connectivity index (χ1v) is 7.03. The Bertz CT molecular complexity index is 560. The third kappa shape index (κ3) is 1.75. The van der Waals surface area contributed by atoms with E-state index in [-0.39, 0.29) is 0 Å². The molecule has 0 spiro atoms. The highest BCUT2D eigenvalue weighted by Gasteiger charge is 2.83. The topological polar surface area (TPSA) is 23.8 Å². The highest BCUT2D eigenvalue weighted by Crippen LogP contribution is 2.63. The molecule has 0 radical (unpaired) electrons. The zero-order valence-electron chi connectivity index (χ0n) is 11.6. The van der Waals surface area contributed by atoms with Crippen molar-refractivity contribution >= 4 is 0 Å². The summed E-state index contributed by atoms with van der Waals surface area (Å²) < 4.78 is 1.30. The second-order valence-corrected chi connectivity index (χ2v) is 5.71. The quantitative estimate of drug-likeness (QED) is 0.472. The van der Waals surface area contributed by atoms with Gasteiger partial charge in [0.05, 0.1) is 0 Å². The summed E-state index contributed by atoms with van der Waals surface area (Å²) in [6.07, 6.45) is 0. The van der Waals surface area contributed by atoms with E-state index in [4.69, 9.17) is 11.8 Å². The van der Waals surface area contributed by atoms with Gasteiger partial charge in [-0.05, 0) is 6.92 Å². The largest absolute Gasteiger partial charge is 0.512 e. The summed E-state index contributed by atoms with van der Waals surface area (Å²) in [6, 6.07) is 24.3. The van der Waals surface area contributed by atoms with Crippen LogP contribution in [-0.4, -0.2) is 23.1 Å². The molecule has 2 heterocycles. The van der Waals surface area contributed by atoms with Crippen molar-refractivity contribution in [2.24, 2.45) is 0 Å². The van der Waals surface area contributed by atoms with Crippen LogP contribution in [0.5, 0.6) is 0 Å². The summed E-state index contributed by atoms with van der Waals surface area (Å²) in [5, 5.41) is 6.25. The van der Waals surface area contributed by atoms with Gasteiger partial charge in [0.25, 0.3) is 0 Å². The molecule has 100 valence electrons. The molecular weight excluding hydrogens is 244 g/mol. The Morgan fingerprint density at radius 3 is 1.65 bits per heavy atom. The number of hydrogen-bond donors (Lipinski definition) is 0. The fourth-order valence-corrected chi connectivity index (χ4v) is 3.67. The Morgan fingerprint density at radius 2 is 1.35 bits per heavy atom. The van der Waals surface area contributed by atoms with Crippen molar-refractivity contribution in [1.82, 2.24) is 0 Å². The van der Waals surface area contributed by atoms with Crippen LogP contribution in [0.4, 0.5) is 0 Å². The van der Waals surface area contributed by atoms with Gasteiger partial charge in [0.15, 0.2) is 6.04 Å². The first-order valence-electron chi connectivity index (χ1n) is 7.03. The molecule has 2 saturated heterocycles. The lowest BCUT2D eigenvalue weighted by molar-refractivity contribution is -0.749. The third-order valence-corrected chi connectivity index (χ3v) is 4.92. The van der Waals surface area contributed by atoms with Gasteiger partial charge >= 0.3 is 0 Å². The first-order chi connectivity index (χ1) is 9.84. The predicted octanol–water partition coefficient (Wildman–Crippen LogP) is 3.47. The number of rotatable bonds is 3. The molecule has 0 N–H and O–H groups in total. The average molecular weight is 262 g/mol. The maximum Gasteiger partial charge on any atom is 0.192 e. The second-order valence-electron chi connectivity index (χ2n) is 5.71. The van der Waals surface area contributed by atoms with Crippen LogP contribution < -0.4 is 0 Å². The third-order valence-electron chi connectivity index (χ3n) is 4.92. The smallest absolute Gasteiger partial charge is 0.192 e. The Hall–Kier alpha value is -2.11. The van der Waals surface area contributed by atoms with Gasteiger partial charge < -0.3 is 11.8 Å². The number of quaternary nitrogens is 1. The fourth-order valence-electron chi connectivity index (χ4n) is 3.67. The van der Waals surface area contributed by atoms with Crippen LogP contribution in [0, 0.1) is 11.8 Å². The Labute approximate surface area is 120 Å². The Kier molecular flexibility index (Phi) is 3.08. The summed E-state index contributed by atoms with van der Waals surface area (Å²) in [5.41, 5.74) is 2.94. The van der Waals surface area contributed by atoms with Gasteiger partial charge in [0.1, 0.15) is 18.6 Å². The lowest BCUT2D eigenvalue weighted by atomic mass is 9.97. The van der Waals surface area contributed by atoms with Gasteiger partial charge in [-0.2, -0.15) is 0 Å². The highest BCUT2D eigenvalue weighted by molar-refractivity contribution is 5.32. The molecule has 4 rings (SSSR count). The Balaban J connectivity index is 0.000000581. The molecule has 3 unspecified atom stereocenters. The van der Waals surface area contributed by atoms with Crippen molar-refractivity contribution in [2.75, 3.05) is 6.54 Å². The van der Waals surface area contributed by atoms with Crippen molar-refractivity contribution < 1.29 is 4.48 Å². The molecule has 0 aliphatic carbocycles. The number of hydrogen-bond acceptors (Lipinski definition) is 1. The summed E-state index contributed by atoms with van der Waals surface area (Å²) in [4.78, 5) is 0. The molecule has 2 heteroatoms. The molecule has 3 atom stereocenters. The highest BCUT2D eigenvalue weighted by atomic mass is 15.7. The lowest BCUT2D eigenvalue weighted by Crippen LogP contribution is -2.26. The minimum absolute atomic E-state index is 0.549. The van der Waals surface area contributed by atoms with Crippen molar-refractivity contribution in [2.45, 2.75) is 25.0 Å². The maximum atomic E-state index is 6.25. The van der Waals surface area contributed by atoms with E-state index in [2.05, 4.69) is 67.6 Å². The second kappa shape index (κ2) is 4.77. The van der Waals surface area contributed by atoms with Crippen molar-refractivity contribution in [3.8, 4) is 0 Å². The average Bonchev–Trinajstić information content (AvgIpc) is 3.41. The van der Waals surface area contributed by atoms with E-state index in [1.807, 2.05) is 0 Å². The van der Waals surface area contributed by atoms with Gasteiger partial charge in [-0.25, -0.2) is 0 Å². The normalized spacial score (nSPS) is 29.0. The molecule has 0 bridgehead atoms. The summed E-state index contributed by atoms with van der Waals surface area (Å²) in [7, 11) is 0. The standard InChI is InChI=1S/C17H18N.CN/c1-13-16-12-18(13,16)17(14-8-4-2-5-9-14)15-10-6-3-7-11-15;1-2/h2-11,13,16-17H,12H2,1H3;/q+1;-1. The predicted molar refractivity (Wildman–Crippen MR) is 78.1 cm³/mol. The van der Waals surface area contributed by atoms with Gasteiger partial charge in [-0.1, -0.05) is 60.7 Å². The number of fused-ring (bicyclic) bond motifs is 1. The van der Waals surface area contributed by atoms with Crippen molar-refractivity contribution in [1.29, 1.82) is 5.26 Å². The molecule has 2 aromatic rings. The van der Waals surface area contributed by atoms with Crippen molar-refractivity contribution in [3.05, 3.63) is 78.4 Å². The van der Waals surface area contributed by atoms with E-state index in [1.165, 1.54) is 22.2 Å². The molecule has 0 amide bonds. The first kappa shape index (κ1) is 12.9. The minimum atomic E-state index is 0.549. The van der Waals surface area contributed by atoms with Gasteiger partial charge in [-0.15, -0.1) is 0 Å². The zero-order chi connectivity index (χ0) is 14.2. The molecule has 2 aliphatic rings. The van der Waals surface area contributed by atoms with E-state index in [0.717, 1.165) is 12.1 Å². The summed E-state index contributed by atoms with van der Waals surface area (Å²) in [5.74, 6) is 0. The SMILES string of the molecule is CC1C2C[N+]12C(c1ccccc1)c1ccccc1.[C-]#N. The maximum absolute atomic E-state index is 6.25. The van der Waals surface area contributed by atoms with E-state index in [1.54, 1.807) is 0 Å². The van der Waals surface area contributed by atoms with Crippen LogP contribution in [0.1, 0.15) is 24.1 Å². The molecule has 2 aromatic carbocycles. The lowest BCUT2D eigenvalue weighted by Gasteiger charge is -2.22. The van der Waals surface area contributed by atoms with Crippen LogP contribution in [0.25, 0.3) is 0 Å². The molecule has 2 nitrogen and oxygen atoms in total. The van der Waals surface area contributed by atoms with Crippen LogP contribution in [0.15, 0.2) is 60.7 Å². The van der Waals surface area contributed by atoms with Gasteiger partial charge in [-0.3, -0.25) is 4.48 Å². The molecule has 0 saturated carbocycles.